The molecule has 0 radical (unpaired) electrons. The summed E-state index contributed by atoms with van der Waals surface area (Å²) in [6, 6.07) is 26.4. The van der Waals surface area contributed by atoms with Crippen LogP contribution in [0.3, 0.4) is 0 Å². The lowest BCUT2D eigenvalue weighted by Gasteiger charge is -2.19. The van der Waals surface area contributed by atoms with Crippen molar-refractivity contribution in [3.63, 3.8) is 0 Å². The Morgan fingerprint density at radius 3 is 1.62 bits per heavy atom. The van der Waals surface area contributed by atoms with Gasteiger partial charge < -0.3 is 0 Å². The standard InChI is InChI=1S/C23H16N4O2/c28-21(18-12-6-2-7-13-18)27(22(29)19-14-8-3-9-15-19)23-25-16-24-20(26-23)17-10-4-1-5-11-17/h1-16H. The zero-order chi connectivity index (χ0) is 20.1. The van der Waals surface area contributed by atoms with E-state index in [2.05, 4.69) is 15.0 Å². The van der Waals surface area contributed by atoms with E-state index in [0.717, 1.165) is 10.5 Å². The molecule has 0 atom stereocenters. The minimum Gasteiger partial charge on any atom is -0.268 e. The van der Waals surface area contributed by atoms with Crippen LogP contribution in [0.4, 0.5) is 5.95 Å². The van der Waals surface area contributed by atoms with E-state index >= 15 is 0 Å². The maximum Gasteiger partial charge on any atom is 0.267 e. The van der Waals surface area contributed by atoms with Gasteiger partial charge in [0.15, 0.2) is 5.82 Å². The van der Waals surface area contributed by atoms with Crippen LogP contribution in [0, 0.1) is 0 Å². The van der Waals surface area contributed by atoms with Crippen LogP contribution in [-0.2, 0) is 0 Å². The van der Waals surface area contributed by atoms with Gasteiger partial charge in [-0.05, 0) is 24.3 Å². The molecule has 4 aromatic rings. The summed E-state index contributed by atoms with van der Waals surface area (Å²) >= 11 is 0. The lowest BCUT2D eigenvalue weighted by Crippen LogP contribution is -2.38. The summed E-state index contributed by atoms with van der Waals surface area (Å²) in [5.74, 6) is -0.668. The zero-order valence-electron chi connectivity index (χ0n) is 15.3. The van der Waals surface area contributed by atoms with Gasteiger partial charge in [0.25, 0.3) is 11.8 Å². The first kappa shape index (κ1) is 18.2. The van der Waals surface area contributed by atoms with Gasteiger partial charge in [-0.15, -0.1) is 0 Å². The molecule has 4 rings (SSSR count). The second-order valence-corrected chi connectivity index (χ2v) is 6.15. The minimum atomic E-state index is -0.510. The van der Waals surface area contributed by atoms with Gasteiger partial charge >= 0.3 is 0 Å². The molecule has 29 heavy (non-hydrogen) atoms. The maximum absolute atomic E-state index is 13.2. The van der Waals surface area contributed by atoms with Gasteiger partial charge in [0.1, 0.15) is 6.33 Å². The Morgan fingerprint density at radius 2 is 1.10 bits per heavy atom. The highest BCUT2D eigenvalue weighted by Crippen LogP contribution is 2.20. The first-order valence-electron chi connectivity index (χ1n) is 8.97. The van der Waals surface area contributed by atoms with Crippen molar-refractivity contribution in [3.05, 3.63) is 108 Å². The Hall–Kier alpha value is -4.19. The molecule has 0 aliphatic rings. The largest absolute Gasteiger partial charge is 0.268 e. The molecular formula is C23H16N4O2. The fraction of sp³-hybridized carbons (Fsp3) is 0. The van der Waals surface area contributed by atoms with Crippen LogP contribution in [0.2, 0.25) is 0 Å². The molecule has 0 aliphatic carbocycles. The molecule has 3 aromatic carbocycles. The molecule has 0 unspecified atom stereocenters. The predicted octanol–water partition coefficient (Wildman–Crippen LogP) is 4.03. The summed E-state index contributed by atoms with van der Waals surface area (Å²) in [6.07, 6.45) is 1.30. The van der Waals surface area contributed by atoms with Crippen LogP contribution in [0.15, 0.2) is 97.3 Å². The van der Waals surface area contributed by atoms with E-state index in [-0.39, 0.29) is 5.95 Å². The third-order valence-electron chi connectivity index (χ3n) is 4.24. The first-order valence-corrected chi connectivity index (χ1v) is 8.97. The summed E-state index contributed by atoms with van der Waals surface area (Å²) in [6.45, 7) is 0. The average molecular weight is 380 g/mol. The molecule has 0 saturated carbocycles. The molecule has 0 saturated heterocycles. The van der Waals surface area contributed by atoms with Crippen LogP contribution in [-0.4, -0.2) is 26.8 Å². The lowest BCUT2D eigenvalue weighted by molar-refractivity contribution is 0.0895. The summed E-state index contributed by atoms with van der Waals surface area (Å²) < 4.78 is 0. The highest BCUT2D eigenvalue weighted by atomic mass is 16.2. The summed E-state index contributed by atoms with van der Waals surface area (Å²) in [7, 11) is 0. The molecule has 140 valence electrons. The molecule has 0 bridgehead atoms. The number of imide groups is 1. The Bertz CT molecular complexity index is 1080. The van der Waals surface area contributed by atoms with Crippen LogP contribution >= 0.6 is 0 Å². The zero-order valence-corrected chi connectivity index (χ0v) is 15.3. The molecule has 1 aromatic heterocycles. The number of anilines is 1. The van der Waals surface area contributed by atoms with E-state index in [1.54, 1.807) is 60.7 Å². The number of carbonyl (C=O) groups excluding carboxylic acids is 2. The smallest absolute Gasteiger partial charge is 0.267 e. The van der Waals surface area contributed by atoms with Crippen molar-refractivity contribution in [1.29, 1.82) is 0 Å². The molecule has 0 aliphatic heterocycles. The van der Waals surface area contributed by atoms with Gasteiger partial charge in [0.2, 0.25) is 5.95 Å². The molecule has 6 nitrogen and oxygen atoms in total. The molecule has 2 amide bonds. The van der Waals surface area contributed by atoms with E-state index in [0.29, 0.717) is 17.0 Å². The fourth-order valence-corrected chi connectivity index (χ4v) is 2.82. The van der Waals surface area contributed by atoms with Crippen LogP contribution in [0.25, 0.3) is 11.4 Å². The number of hydrogen-bond donors (Lipinski definition) is 0. The number of hydrogen-bond acceptors (Lipinski definition) is 5. The van der Waals surface area contributed by atoms with E-state index in [9.17, 15) is 9.59 Å². The van der Waals surface area contributed by atoms with Gasteiger partial charge in [-0.25, -0.2) is 14.9 Å². The molecule has 0 N–H and O–H groups in total. The lowest BCUT2D eigenvalue weighted by atomic mass is 10.1. The van der Waals surface area contributed by atoms with Gasteiger partial charge in [-0.2, -0.15) is 4.98 Å². The Kier molecular flexibility index (Phi) is 5.16. The summed E-state index contributed by atoms with van der Waals surface area (Å²) in [5.41, 5.74) is 1.48. The number of benzene rings is 3. The second kappa shape index (κ2) is 8.22. The van der Waals surface area contributed by atoms with Gasteiger partial charge in [0.05, 0.1) is 0 Å². The normalized spacial score (nSPS) is 10.3. The third kappa shape index (κ3) is 3.91. The summed E-state index contributed by atoms with van der Waals surface area (Å²) in [4.78, 5) is 40.1. The predicted molar refractivity (Wildman–Crippen MR) is 109 cm³/mol. The van der Waals surface area contributed by atoms with Gasteiger partial charge in [-0.1, -0.05) is 66.7 Å². The highest BCUT2D eigenvalue weighted by molar-refractivity contribution is 6.24. The van der Waals surface area contributed by atoms with Gasteiger partial charge in [0, 0.05) is 16.7 Å². The van der Waals surface area contributed by atoms with Crippen molar-refractivity contribution in [2.45, 2.75) is 0 Å². The topological polar surface area (TPSA) is 76.1 Å². The Morgan fingerprint density at radius 1 is 0.621 bits per heavy atom. The molecular weight excluding hydrogens is 364 g/mol. The number of carbonyl (C=O) groups is 2. The second-order valence-electron chi connectivity index (χ2n) is 6.15. The maximum atomic E-state index is 13.2. The monoisotopic (exact) mass is 380 g/mol. The van der Waals surface area contributed by atoms with Gasteiger partial charge in [-0.3, -0.25) is 9.59 Å². The molecule has 1 heterocycles. The van der Waals surface area contributed by atoms with E-state index in [1.165, 1.54) is 6.33 Å². The van der Waals surface area contributed by atoms with Crippen molar-refractivity contribution in [1.82, 2.24) is 15.0 Å². The average Bonchev–Trinajstić information content (AvgIpc) is 2.81. The van der Waals surface area contributed by atoms with E-state index < -0.39 is 11.8 Å². The van der Waals surface area contributed by atoms with Crippen molar-refractivity contribution >= 4 is 17.8 Å². The SMILES string of the molecule is O=C(c1ccccc1)N(C(=O)c1ccccc1)c1ncnc(-c2ccccc2)n1. The molecule has 0 spiro atoms. The van der Waals surface area contributed by atoms with Crippen molar-refractivity contribution in [3.8, 4) is 11.4 Å². The first-order chi connectivity index (χ1) is 14.2. The fourth-order valence-electron chi connectivity index (χ4n) is 2.82. The minimum absolute atomic E-state index is 0.0263. The number of rotatable bonds is 4. The van der Waals surface area contributed by atoms with Crippen LogP contribution in [0.5, 0.6) is 0 Å². The van der Waals surface area contributed by atoms with Crippen molar-refractivity contribution in [2.24, 2.45) is 0 Å². The Labute approximate surface area is 167 Å². The Balaban J connectivity index is 1.81. The quantitative estimate of drug-likeness (QED) is 0.500. The van der Waals surface area contributed by atoms with E-state index in [4.69, 9.17) is 0 Å². The number of amides is 2. The molecule has 0 fully saturated rings. The number of nitrogens with zero attached hydrogens (tertiary/aromatic N) is 4. The van der Waals surface area contributed by atoms with Crippen molar-refractivity contribution in [2.75, 3.05) is 4.90 Å². The van der Waals surface area contributed by atoms with E-state index in [1.807, 2.05) is 30.3 Å². The van der Waals surface area contributed by atoms with Crippen LogP contribution in [0.1, 0.15) is 20.7 Å². The third-order valence-corrected chi connectivity index (χ3v) is 4.24. The summed E-state index contributed by atoms with van der Waals surface area (Å²) in [5, 5.41) is 0. The molecule has 6 heteroatoms. The highest BCUT2D eigenvalue weighted by Gasteiger charge is 2.28. The van der Waals surface area contributed by atoms with Crippen LogP contribution < -0.4 is 4.90 Å². The number of aromatic nitrogens is 3. The van der Waals surface area contributed by atoms with Crippen molar-refractivity contribution < 1.29 is 9.59 Å².